The van der Waals surface area contributed by atoms with E-state index in [-0.39, 0.29) is 19.6 Å². The predicted octanol–water partition coefficient (Wildman–Crippen LogP) is 2.74. The SMILES string of the molecule is C=Cc1ccc(COC(=O)[C@@H]2C[C@H](O)CN2C(=O)OC(C)(C)C)cc1. The Kier molecular flexibility index (Phi) is 5.85. The summed E-state index contributed by atoms with van der Waals surface area (Å²) in [4.78, 5) is 25.8. The molecule has 1 saturated heterocycles. The first-order valence-corrected chi connectivity index (χ1v) is 8.25. The molecule has 1 aliphatic heterocycles. The summed E-state index contributed by atoms with van der Waals surface area (Å²) in [5, 5.41) is 9.84. The summed E-state index contributed by atoms with van der Waals surface area (Å²) in [5.41, 5.74) is 1.14. The highest BCUT2D eigenvalue weighted by Gasteiger charge is 2.41. The second-order valence-corrected chi connectivity index (χ2v) is 7.09. The number of likely N-dealkylation sites (tertiary alicyclic amines) is 1. The molecule has 136 valence electrons. The van der Waals surface area contributed by atoms with Crippen LogP contribution in [0.5, 0.6) is 0 Å². The molecular weight excluding hydrogens is 322 g/mol. The summed E-state index contributed by atoms with van der Waals surface area (Å²) < 4.78 is 10.6. The van der Waals surface area contributed by atoms with Crippen LogP contribution in [0.1, 0.15) is 38.3 Å². The fourth-order valence-electron chi connectivity index (χ4n) is 2.56. The van der Waals surface area contributed by atoms with Gasteiger partial charge in [0, 0.05) is 6.42 Å². The summed E-state index contributed by atoms with van der Waals surface area (Å²) in [6.45, 7) is 9.09. The van der Waals surface area contributed by atoms with Gasteiger partial charge in [0.05, 0.1) is 12.6 Å². The maximum absolute atomic E-state index is 12.4. The van der Waals surface area contributed by atoms with Crippen molar-refractivity contribution in [3.05, 3.63) is 42.0 Å². The number of aliphatic hydroxyl groups is 1. The van der Waals surface area contributed by atoms with Crippen LogP contribution < -0.4 is 0 Å². The van der Waals surface area contributed by atoms with Gasteiger partial charge in [0.1, 0.15) is 18.2 Å². The molecule has 1 amide bonds. The van der Waals surface area contributed by atoms with Crippen LogP contribution in [0.3, 0.4) is 0 Å². The van der Waals surface area contributed by atoms with Gasteiger partial charge in [0.2, 0.25) is 0 Å². The lowest BCUT2D eigenvalue weighted by atomic mass is 10.1. The highest BCUT2D eigenvalue weighted by molar-refractivity contribution is 5.82. The lowest BCUT2D eigenvalue weighted by Crippen LogP contribution is -2.44. The zero-order chi connectivity index (χ0) is 18.6. The Morgan fingerprint density at radius 3 is 2.52 bits per heavy atom. The van der Waals surface area contributed by atoms with Crippen molar-refractivity contribution in [2.45, 2.75) is 51.5 Å². The minimum atomic E-state index is -0.836. The van der Waals surface area contributed by atoms with E-state index >= 15 is 0 Å². The molecule has 0 aliphatic carbocycles. The van der Waals surface area contributed by atoms with E-state index in [1.165, 1.54) is 4.90 Å². The average molecular weight is 347 g/mol. The third kappa shape index (κ3) is 5.32. The number of nitrogens with zero attached hydrogens (tertiary/aromatic N) is 1. The number of ether oxygens (including phenoxy) is 2. The topological polar surface area (TPSA) is 76.1 Å². The molecule has 6 nitrogen and oxygen atoms in total. The Bertz CT molecular complexity index is 632. The van der Waals surface area contributed by atoms with Crippen molar-refractivity contribution < 1.29 is 24.2 Å². The van der Waals surface area contributed by atoms with E-state index in [0.29, 0.717) is 0 Å². The summed E-state index contributed by atoms with van der Waals surface area (Å²) >= 11 is 0. The molecular formula is C19H25NO5. The number of rotatable bonds is 4. The standard InChI is InChI=1S/C19H25NO5/c1-5-13-6-8-14(9-7-13)12-24-17(22)16-10-15(21)11-20(16)18(23)25-19(2,3)4/h5-9,15-16,21H,1,10-12H2,2-4H3/t15-,16-/m0/s1. The molecule has 1 aromatic carbocycles. The molecule has 1 N–H and O–H groups in total. The van der Waals surface area contributed by atoms with Gasteiger partial charge in [-0.3, -0.25) is 4.90 Å². The first-order chi connectivity index (χ1) is 11.7. The van der Waals surface area contributed by atoms with Crippen LogP contribution in [0.2, 0.25) is 0 Å². The van der Waals surface area contributed by atoms with Gasteiger partial charge >= 0.3 is 12.1 Å². The first kappa shape index (κ1) is 19.0. The van der Waals surface area contributed by atoms with Crippen LogP contribution in [-0.2, 0) is 20.9 Å². The van der Waals surface area contributed by atoms with Crippen molar-refractivity contribution in [2.75, 3.05) is 6.54 Å². The largest absolute Gasteiger partial charge is 0.459 e. The molecule has 0 saturated carbocycles. The van der Waals surface area contributed by atoms with Gasteiger partial charge in [-0.25, -0.2) is 9.59 Å². The molecule has 0 aromatic heterocycles. The molecule has 25 heavy (non-hydrogen) atoms. The number of carbonyl (C=O) groups excluding carboxylic acids is 2. The van der Waals surface area contributed by atoms with Crippen molar-refractivity contribution in [3.63, 3.8) is 0 Å². The van der Waals surface area contributed by atoms with Gasteiger partial charge in [-0.1, -0.05) is 36.9 Å². The van der Waals surface area contributed by atoms with Crippen molar-refractivity contribution in [2.24, 2.45) is 0 Å². The van der Waals surface area contributed by atoms with E-state index < -0.39 is 29.8 Å². The summed E-state index contributed by atoms with van der Waals surface area (Å²) in [6.07, 6.45) is 0.486. The zero-order valence-electron chi connectivity index (χ0n) is 14.9. The Morgan fingerprint density at radius 2 is 1.96 bits per heavy atom. The predicted molar refractivity (Wildman–Crippen MR) is 93.7 cm³/mol. The molecule has 1 aliphatic rings. The van der Waals surface area contributed by atoms with Crippen LogP contribution in [0, 0.1) is 0 Å². The maximum Gasteiger partial charge on any atom is 0.411 e. The Labute approximate surface area is 148 Å². The molecule has 1 fully saturated rings. The quantitative estimate of drug-likeness (QED) is 0.848. The minimum Gasteiger partial charge on any atom is -0.459 e. The number of benzene rings is 1. The van der Waals surface area contributed by atoms with E-state index in [1.807, 2.05) is 24.3 Å². The number of carbonyl (C=O) groups is 2. The molecule has 1 heterocycles. The third-order valence-corrected chi connectivity index (χ3v) is 3.78. The molecule has 0 spiro atoms. The van der Waals surface area contributed by atoms with E-state index in [2.05, 4.69) is 6.58 Å². The van der Waals surface area contributed by atoms with Crippen molar-refractivity contribution in [1.29, 1.82) is 0 Å². The number of amides is 1. The van der Waals surface area contributed by atoms with Crippen molar-refractivity contribution in [1.82, 2.24) is 4.90 Å². The van der Waals surface area contributed by atoms with Crippen LogP contribution in [0.25, 0.3) is 6.08 Å². The van der Waals surface area contributed by atoms with Crippen LogP contribution >= 0.6 is 0 Å². The van der Waals surface area contributed by atoms with Crippen molar-refractivity contribution >= 4 is 18.1 Å². The molecule has 0 unspecified atom stereocenters. The Balaban J connectivity index is 1.97. The highest BCUT2D eigenvalue weighted by Crippen LogP contribution is 2.22. The average Bonchev–Trinajstić information content (AvgIpc) is 2.93. The fourth-order valence-corrected chi connectivity index (χ4v) is 2.56. The fraction of sp³-hybridized carbons (Fsp3) is 0.474. The van der Waals surface area contributed by atoms with Crippen LogP contribution in [-0.4, -0.2) is 46.4 Å². The first-order valence-electron chi connectivity index (χ1n) is 8.25. The van der Waals surface area contributed by atoms with Gasteiger partial charge in [-0.05, 0) is 31.9 Å². The summed E-state index contributed by atoms with van der Waals surface area (Å²) in [7, 11) is 0. The summed E-state index contributed by atoms with van der Waals surface area (Å²) in [5.74, 6) is -0.546. The van der Waals surface area contributed by atoms with E-state index in [4.69, 9.17) is 9.47 Å². The molecule has 0 radical (unpaired) electrons. The van der Waals surface area contributed by atoms with Gasteiger partial charge in [-0.2, -0.15) is 0 Å². The van der Waals surface area contributed by atoms with E-state index in [0.717, 1.165) is 11.1 Å². The lowest BCUT2D eigenvalue weighted by Gasteiger charge is -2.27. The maximum atomic E-state index is 12.4. The van der Waals surface area contributed by atoms with Gasteiger partial charge < -0.3 is 14.6 Å². The van der Waals surface area contributed by atoms with E-state index in [1.54, 1.807) is 26.8 Å². The number of aliphatic hydroxyl groups excluding tert-OH is 1. The Hall–Kier alpha value is -2.34. The molecule has 1 aromatic rings. The lowest BCUT2D eigenvalue weighted by molar-refractivity contribution is -0.150. The second-order valence-electron chi connectivity index (χ2n) is 7.09. The van der Waals surface area contributed by atoms with Crippen LogP contribution in [0.15, 0.2) is 30.8 Å². The molecule has 2 rings (SSSR count). The smallest absolute Gasteiger partial charge is 0.411 e. The van der Waals surface area contributed by atoms with Gasteiger partial charge in [-0.15, -0.1) is 0 Å². The number of β-amino-alcohol motifs (C(OH)–C–C–N with tert-alkyl or cyclic N) is 1. The third-order valence-electron chi connectivity index (χ3n) is 3.78. The molecule has 0 bridgehead atoms. The van der Waals surface area contributed by atoms with Gasteiger partial charge in [0.15, 0.2) is 0 Å². The van der Waals surface area contributed by atoms with E-state index in [9.17, 15) is 14.7 Å². The highest BCUT2D eigenvalue weighted by atomic mass is 16.6. The molecule has 2 atom stereocenters. The normalized spacial score (nSPS) is 20.2. The number of hydrogen-bond acceptors (Lipinski definition) is 5. The number of esters is 1. The minimum absolute atomic E-state index is 0.0582. The van der Waals surface area contributed by atoms with Gasteiger partial charge in [0.25, 0.3) is 0 Å². The van der Waals surface area contributed by atoms with Crippen LogP contribution in [0.4, 0.5) is 4.79 Å². The zero-order valence-corrected chi connectivity index (χ0v) is 14.9. The monoisotopic (exact) mass is 347 g/mol. The Morgan fingerprint density at radius 1 is 1.32 bits per heavy atom. The molecule has 6 heteroatoms. The second kappa shape index (κ2) is 7.70. The van der Waals surface area contributed by atoms with Crippen molar-refractivity contribution in [3.8, 4) is 0 Å². The number of hydrogen-bond donors (Lipinski definition) is 1. The summed E-state index contributed by atoms with van der Waals surface area (Å²) in [6, 6.07) is 6.61.